The number of hydrogen-bond donors (Lipinski definition) is 1. The van der Waals surface area contributed by atoms with E-state index < -0.39 is 0 Å². The summed E-state index contributed by atoms with van der Waals surface area (Å²) in [4.78, 5) is 29.9. The molecule has 0 bridgehead atoms. The lowest BCUT2D eigenvalue weighted by molar-refractivity contribution is -0.129. The largest absolute Gasteiger partial charge is 0.465 e. The van der Waals surface area contributed by atoms with E-state index in [1.807, 2.05) is 30.9 Å². The minimum atomic E-state index is -0.146. The Morgan fingerprint density at radius 1 is 1.27 bits per heavy atom. The van der Waals surface area contributed by atoms with E-state index in [1.165, 1.54) is 4.88 Å². The van der Waals surface area contributed by atoms with Crippen LogP contribution in [0.25, 0.3) is 6.08 Å². The number of furan rings is 1. The van der Waals surface area contributed by atoms with Crippen LogP contribution in [0.4, 0.5) is 10.9 Å². The Morgan fingerprint density at radius 2 is 2.13 bits per heavy atom. The van der Waals surface area contributed by atoms with Crippen molar-refractivity contribution in [3.63, 3.8) is 0 Å². The molecule has 8 heteroatoms. The third-order valence-electron chi connectivity index (χ3n) is 5.15. The van der Waals surface area contributed by atoms with Crippen LogP contribution in [-0.4, -0.2) is 32.3 Å². The van der Waals surface area contributed by atoms with E-state index in [9.17, 15) is 4.79 Å². The number of anilines is 2. The molecule has 0 saturated carbocycles. The van der Waals surface area contributed by atoms with Gasteiger partial charge in [0.1, 0.15) is 11.6 Å². The van der Waals surface area contributed by atoms with Gasteiger partial charge in [0.15, 0.2) is 11.0 Å². The third kappa shape index (κ3) is 4.59. The van der Waals surface area contributed by atoms with Crippen molar-refractivity contribution in [2.75, 3.05) is 11.9 Å². The van der Waals surface area contributed by atoms with Gasteiger partial charge in [-0.05, 0) is 58.2 Å². The van der Waals surface area contributed by atoms with E-state index in [-0.39, 0.29) is 11.9 Å². The Labute approximate surface area is 179 Å². The third-order valence-corrected chi connectivity index (χ3v) is 6.14. The van der Waals surface area contributed by atoms with Crippen LogP contribution in [0, 0.1) is 20.8 Å². The first-order valence-electron chi connectivity index (χ1n) is 10.1. The van der Waals surface area contributed by atoms with Gasteiger partial charge in [-0.15, -0.1) is 11.3 Å². The number of piperidine rings is 1. The van der Waals surface area contributed by atoms with Crippen LogP contribution in [0.15, 0.2) is 35.0 Å². The van der Waals surface area contributed by atoms with E-state index in [4.69, 9.17) is 9.40 Å². The SMILES string of the molecule is Cc1cc(Nc2nc(C)c(C)s2)nc([C@H]2CCCCN2C(=O)/C=C/c2ccco2)n1. The summed E-state index contributed by atoms with van der Waals surface area (Å²) in [5, 5.41) is 4.11. The second-order valence-corrected chi connectivity index (χ2v) is 8.63. The fraction of sp³-hybridized carbons (Fsp3) is 0.364. The van der Waals surface area contributed by atoms with E-state index in [0.717, 1.165) is 35.8 Å². The maximum absolute atomic E-state index is 12.9. The van der Waals surface area contributed by atoms with Crippen molar-refractivity contribution in [2.45, 2.75) is 46.1 Å². The summed E-state index contributed by atoms with van der Waals surface area (Å²) in [5.74, 6) is 1.98. The lowest BCUT2D eigenvalue weighted by Gasteiger charge is -2.34. The Hall–Kier alpha value is -3.00. The minimum Gasteiger partial charge on any atom is -0.465 e. The first-order chi connectivity index (χ1) is 14.5. The van der Waals surface area contributed by atoms with E-state index in [1.54, 1.807) is 35.8 Å². The van der Waals surface area contributed by atoms with Crippen LogP contribution < -0.4 is 5.32 Å². The maximum Gasteiger partial charge on any atom is 0.247 e. The molecule has 156 valence electrons. The number of aromatic nitrogens is 3. The van der Waals surface area contributed by atoms with Crippen molar-refractivity contribution in [2.24, 2.45) is 0 Å². The molecular formula is C22H25N5O2S. The predicted molar refractivity (Wildman–Crippen MR) is 118 cm³/mol. The Kier molecular flexibility index (Phi) is 5.94. The van der Waals surface area contributed by atoms with Crippen molar-refractivity contribution < 1.29 is 9.21 Å². The molecule has 3 aromatic heterocycles. The average Bonchev–Trinajstić information content (AvgIpc) is 3.35. The van der Waals surface area contributed by atoms with Gasteiger partial charge in [0.05, 0.1) is 18.0 Å². The van der Waals surface area contributed by atoms with Gasteiger partial charge in [0.25, 0.3) is 0 Å². The normalized spacial score (nSPS) is 16.9. The molecule has 7 nitrogen and oxygen atoms in total. The molecule has 1 aliphatic heterocycles. The Bertz CT molecular complexity index is 1040. The first kappa shape index (κ1) is 20.3. The van der Waals surface area contributed by atoms with Gasteiger partial charge in [0, 0.05) is 29.3 Å². The zero-order valence-electron chi connectivity index (χ0n) is 17.4. The summed E-state index contributed by atoms with van der Waals surface area (Å²) in [7, 11) is 0. The second-order valence-electron chi connectivity index (χ2n) is 7.43. The zero-order chi connectivity index (χ0) is 21.1. The second kappa shape index (κ2) is 8.79. The van der Waals surface area contributed by atoms with Crippen molar-refractivity contribution in [3.8, 4) is 0 Å². The summed E-state index contributed by atoms with van der Waals surface area (Å²) in [6, 6.07) is 5.38. The number of nitrogens with zero attached hydrogens (tertiary/aromatic N) is 4. The molecule has 1 aliphatic rings. The lowest BCUT2D eigenvalue weighted by Crippen LogP contribution is -2.38. The summed E-state index contributed by atoms with van der Waals surface area (Å²) in [5.41, 5.74) is 1.87. The Morgan fingerprint density at radius 3 is 2.87 bits per heavy atom. The summed E-state index contributed by atoms with van der Waals surface area (Å²) >= 11 is 1.60. The van der Waals surface area contributed by atoms with Crippen molar-refractivity contribution in [1.82, 2.24) is 19.9 Å². The summed E-state index contributed by atoms with van der Waals surface area (Å²) < 4.78 is 5.29. The van der Waals surface area contributed by atoms with Gasteiger partial charge >= 0.3 is 0 Å². The molecule has 4 heterocycles. The van der Waals surface area contributed by atoms with Gasteiger partial charge < -0.3 is 14.6 Å². The summed E-state index contributed by atoms with van der Waals surface area (Å²) in [6.45, 7) is 6.68. The highest BCUT2D eigenvalue weighted by Gasteiger charge is 2.29. The monoisotopic (exact) mass is 423 g/mol. The first-order valence-corrected chi connectivity index (χ1v) is 10.9. The van der Waals surface area contributed by atoms with Crippen molar-refractivity contribution in [1.29, 1.82) is 0 Å². The number of rotatable bonds is 5. The molecule has 1 fully saturated rings. The van der Waals surface area contributed by atoms with Gasteiger partial charge in [-0.25, -0.2) is 15.0 Å². The van der Waals surface area contributed by atoms with Crippen molar-refractivity contribution >= 4 is 34.3 Å². The van der Waals surface area contributed by atoms with Crippen LogP contribution >= 0.6 is 11.3 Å². The molecule has 3 aromatic rings. The molecule has 4 rings (SSSR count). The van der Waals surface area contributed by atoms with Crippen LogP contribution in [-0.2, 0) is 4.79 Å². The number of carbonyl (C=O) groups is 1. The predicted octanol–water partition coefficient (Wildman–Crippen LogP) is 4.96. The topological polar surface area (TPSA) is 84.2 Å². The van der Waals surface area contributed by atoms with Crippen LogP contribution in [0.3, 0.4) is 0 Å². The van der Waals surface area contributed by atoms with E-state index >= 15 is 0 Å². The molecular weight excluding hydrogens is 398 g/mol. The van der Waals surface area contributed by atoms with Gasteiger partial charge in [-0.2, -0.15) is 0 Å². The zero-order valence-corrected chi connectivity index (χ0v) is 18.2. The highest BCUT2D eigenvalue weighted by atomic mass is 32.1. The molecule has 1 amide bonds. The minimum absolute atomic E-state index is 0.0538. The molecule has 1 saturated heterocycles. The fourth-order valence-electron chi connectivity index (χ4n) is 3.54. The number of amides is 1. The van der Waals surface area contributed by atoms with E-state index in [2.05, 4.69) is 22.2 Å². The highest BCUT2D eigenvalue weighted by molar-refractivity contribution is 7.15. The molecule has 0 radical (unpaired) electrons. The number of thiazole rings is 1. The fourth-order valence-corrected chi connectivity index (χ4v) is 4.36. The quantitative estimate of drug-likeness (QED) is 0.584. The molecule has 0 spiro atoms. The van der Waals surface area contributed by atoms with Crippen molar-refractivity contribution in [3.05, 3.63) is 58.4 Å². The van der Waals surface area contributed by atoms with Gasteiger partial charge in [-0.1, -0.05) is 0 Å². The number of hydrogen-bond acceptors (Lipinski definition) is 7. The van der Waals surface area contributed by atoms with Gasteiger partial charge in [0.2, 0.25) is 5.91 Å². The standard InChI is InChI=1S/C22H25N5O2S/c1-14-13-19(26-22-24-15(2)16(3)30-22)25-21(23-14)18-8-4-5-11-27(18)20(28)10-9-17-7-6-12-29-17/h6-7,9-10,12-13,18H,4-5,8,11H2,1-3H3,(H,23,24,25,26)/b10-9+/t18-/m1/s1. The smallest absolute Gasteiger partial charge is 0.247 e. The van der Waals surface area contributed by atoms with Crippen LogP contribution in [0.5, 0.6) is 0 Å². The van der Waals surface area contributed by atoms with E-state index in [0.29, 0.717) is 23.9 Å². The maximum atomic E-state index is 12.9. The highest BCUT2D eigenvalue weighted by Crippen LogP contribution is 2.31. The Balaban J connectivity index is 1.57. The molecule has 1 atom stereocenters. The molecule has 1 N–H and O–H groups in total. The lowest BCUT2D eigenvalue weighted by atomic mass is 10.0. The number of likely N-dealkylation sites (tertiary alicyclic amines) is 1. The molecule has 0 aliphatic carbocycles. The van der Waals surface area contributed by atoms with Crippen LogP contribution in [0.2, 0.25) is 0 Å². The molecule has 0 unspecified atom stereocenters. The molecule has 30 heavy (non-hydrogen) atoms. The number of nitrogens with one attached hydrogen (secondary N) is 1. The number of aryl methyl sites for hydroxylation is 3. The van der Waals surface area contributed by atoms with Gasteiger partial charge in [-0.3, -0.25) is 4.79 Å². The average molecular weight is 424 g/mol. The van der Waals surface area contributed by atoms with Crippen LogP contribution in [0.1, 0.15) is 53.2 Å². The summed E-state index contributed by atoms with van der Waals surface area (Å²) in [6.07, 6.45) is 7.72. The molecule has 0 aromatic carbocycles. The number of carbonyl (C=O) groups excluding carboxylic acids is 1.